The van der Waals surface area contributed by atoms with Crippen LogP contribution in [0.4, 0.5) is 0 Å². The molecular weight excluding hydrogens is 194 g/mol. The highest BCUT2D eigenvalue weighted by molar-refractivity contribution is 4.82. The molecule has 2 fully saturated rings. The third-order valence-electron chi connectivity index (χ3n) is 4.95. The average Bonchev–Trinajstić information content (AvgIpc) is 2.38. The zero-order valence-electron chi connectivity index (χ0n) is 11.0. The first-order chi connectivity index (χ1) is 7.92. The van der Waals surface area contributed by atoms with Crippen LogP contribution in [-0.4, -0.2) is 13.6 Å². The Bertz CT molecular complexity index is 160. The van der Waals surface area contributed by atoms with Gasteiger partial charge >= 0.3 is 0 Å². The van der Waals surface area contributed by atoms with E-state index in [4.69, 9.17) is 0 Å². The van der Waals surface area contributed by atoms with Crippen molar-refractivity contribution in [2.24, 2.45) is 17.8 Å². The molecule has 0 aromatic heterocycles. The molecular formula is C15H29N. The highest BCUT2D eigenvalue weighted by atomic mass is 14.8. The Kier molecular flexibility index (Phi) is 5.15. The molecule has 0 aromatic rings. The summed E-state index contributed by atoms with van der Waals surface area (Å²) in [6.07, 6.45) is 15.0. The van der Waals surface area contributed by atoms with Crippen molar-refractivity contribution in [3.63, 3.8) is 0 Å². The summed E-state index contributed by atoms with van der Waals surface area (Å²) in [5.41, 5.74) is 0. The maximum atomic E-state index is 3.46. The quantitative estimate of drug-likeness (QED) is 0.760. The van der Waals surface area contributed by atoms with E-state index in [9.17, 15) is 0 Å². The van der Waals surface area contributed by atoms with Gasteiger partial charge in [0.15, 0.2) is 0 Å². The van der Waals surface area contributed by atoms with Crippen molar-refractivity contribution in [3.05, 3.63) is 0 Å². The predicted molar refractivity (Wildman–Crippen MR) is 70.6 cm³/mol. The summed E-state index contributed by atoms with van der Waals surface area (Å²) < 4.78 is 0. The van der Waals surface area contributed by atoms with Crippen molar-refractivity contribution in [1.29, 1.82) is 0 Å². The molecule has 0 bridgehead atoms. The van der Waals surface area contributed by atoms with Crippen LogP contribution >= 0.6 is 0 Å². The molecule has 2 saturated carbocycles. The smallest absolute Gasteiger partial charge is 0.00182 e. The van der Waals surface area contributed by atoms with Gasteiger partial charge in [-0.25, -0.2) is 0 Å². The summed E-state index contributed by atoms with van der Waals surface area (Å²) in [5.74, 6) is 3.08. The predicted octanol–water partition coefficient (Wildman–Crippen LogP) is 3.98. The first-order valence-corrected chi connectivity index (χ1v) is 7.56. The second-order valence-corrected chi connectivity index (χ2v) is 6.02. The van der Waals surface area contributed by atoms with Crippen LogP contribution in [0.15, 0.2) is 0 Å². The molecule has 0 spiro atoms. The summed E-state index contributed by atoms with van der Waals surface area (Å²) in [4.78, 5) is 0. The van der Waals surface area contributed by atoms with E-state index >= 15 is 0 Å². The zero-order valence-corrected chi connectivity index (χ0v) is 11.0. The lowest BCUT2D eigenvalue weighted by atomic mass is 9.69. The van der Waals surface area contributed by atoms with Gasteiger partial charge < -0.3 is 5.32 Å². The van der Waals surface area contributed by atoms with Crippen LogP contribution in [0.3, 0.4) is 0 Å². The highest BCUT2D eigenvalue weighted by Gasteiger charge is 2.30. The summed E-state index contributed by atoms with van der Waals surface area (Å²) in [6.45, 7) is 1.27. The fourth-order valence-electron chi connectivity index (χ4n) is 4.08. The molecule has 94 valence electrons. The molecule has 2 rings (SSSR count). The minimum absolute atomic E-state index is 0.991. The Morgan fingerprint density at radius 2 is 1.25 bits per heavy atom. The molecule has 0 heterocycles. The van der Waals surface area contributed by atoms with Gasteiger partial charge in [-0.1, -0.05) is 64.2 Å². The lowest BCUT2D eigenvalue weighted by Crippen LogP contribution is -2.34. The van der Waals surface area contributed by atoms with Crippen LogP contribution in [0.5, 0.6) is 0 Å². The van der Waals surface area contributed by atoms with Crippen molar-refractivity contribution in [1.82, 2.24) is 5.32 Å². The third-order valence-corrected chi connectivity index (χ3v) is 4.95. The van der Waals surface area contributed by atoms with Gasteiger partial charge in [0.05, 0.1) is 0 Å². The molecule has 0 aliphatic heterocycles. The van der Waals surface area contributed by atoms with Gasteiger partial charge in [0.25, 0.3) is 0 Å². The molecule has 2 aliphatic rings. The van der Waals surface area contributed by atoms with Crippen LogP contribution in [-0.2, 0) is 0 Å². The number of nitrogens with one attached hydrogen (secondary N) is 1. The maximum absolute atomic E-state index is 3.46. The van der Waals surface area contributed by atoms with E-state index in [1.165, 1.54) is 70.8 Å². The second-order valence-electron chi connectivity index (χ2n) is 6.02. The fraction of sp³-hybridized carbons (Fsp3) is 1.00. The molecule has 1 heteroatoms. The Morgan fingerprint density at radius 1 is 0.812 bits per heavy atom. The van der Waals surface area contributed by atoms with E-state index in [-0.39, 0.29) is 0 Å². The Hall–Kier alpha value is -0.0400. The lowest BCUT2D eigenvalue weighted by molar-refractivity contribution is 0.143. The molecule has 0 saturated heterocycles. The Morgan fingerprint density at radius 3 is 1.62 bits per heavy atom. The van der Waals surface area contributed by atoms with Crippen molar-refractivity contribution in [2.45, 2.75) is 64.2 Å². The minimum Gasteiger partial charge on any atom is -0.319 e. The largest absolute Gasteiger partial charge is 0.319 e. The van der Waals surface area contributed by atoms with E-state index in [0.717, 1.165) is 17.8 Å². The number of hydrogen-bond acceptors (Lipinski definition) is 1. The molecule has 0 unspecified atom stereocenters. The van der Waals surface area contributed by atoms with Gasteiger partial charge in [-0.2, -0.15) is 0 Å². The topological polar surface area (TPSA) is 12.0 Å². The lowest BCUT2D eigenvalue weighted by Gasteiger charge is -2.37. The molecule has 1 nitrogen and oxygen atoms in total. The summed E-state index contributed by atoms with van der Waals surface area (Å²) >= 11 is 0. The molecule has 0 radical (unpaired) electrons. The van der Waals surface area contributed by atoms with Gasteiger partial charge in [-0.05, 0) is 31.3 Å². The van der Waals surface area contributed by atoms with Crippen LogP contribution in [0, 0.1) is 17.8 Å². The first-order valence-electron chi connectivity index (χ1n) is 7.56. The highest BCUT2D eigenvalue weighted by Crippen LogP contribution is 2.39. The fourth-order valence-corrected chi connectivity index (χ4v) is 4.08. The van der Waals surface area contributed by atoms with Crippen molar-refractivity contribution in [2.75, 3.05) is 13.6 Å². The molecule has 0 amide bonds. The normalized spacial score (nSPS) is 25.1. The molecule has 0 atom stereocenters. The zero-order chi connectivity index (χ0) is 11.2. The maximum Gasteiger partial charge on any atom is -0.00182 e. The number of hydrogen-bond donors (Lipinski definition) is 1. The summed E-state index contributed by atoms with van der Waals surface area (Å²) in [7, 11) is 2.14. The SMILES string of the molecule is CNCC(C1CCCCC1)C1CCCCC1. The monoisotopic (exact) mass is 223 g/mol. The van der Waals surface area contributed by atoms with E-state index in [1.807, 2.05) is 0 Å². The summed E-state index contributed by atoms with van der Waals surface area (Å²) in [6, 6.07) is 0. The van der Waals surface area contributed by atoms with Gasteiger partial charge in [0.1, 0.15) is 0 Å². The molecule has 0 aromatic carbocycles. The third kappa shape index (κ3) is 3.23. The average molecular weight is 223 g/mol. The van der Waals surface area contributed by atoms with Gasteiger partial charge in [-0.15, -0.1) is 0 Å². The standard InChI is InChI=1S/C15H29N/c1-16-12-15(13-8-4-2-5-9-13)14-10-6-3-7-11-14/h13-16H,2-12H2,1H3. The van der Waals surface area contributed by atoms with E-state index in [2.05, 4.69) is 12.4 Å². The molecule has 1 N–H and O–H groups in total. The second kappa shape index (κ2) is 6.64. The van der Waals surface area contributed by atoms with Crippen LogP contribution in [0.2, 0.25) is 0 Å². The first kappa shape index (κ1) is 12.4. The summed E-state index contributed by atoms with van der Waals surface area (Å²) in [5, 5.41) is 3.46. The van der Waals surface area contributed by atoms with Crippen molar-refractivity contribution < 1.29 is 0 Å². The van der Waals surface area contributed by atoms with Crippen molar-refractivity contribution >= 4 is 0 Å². The van der Waals surface area contributed by atoms with E-state index in [0.29, 0.717) is 0 Å². The number of rotatable bonds is 4. The minimum atomic E-state index is 0.991. The molecule has 2 aliphatic carbocycles. The van der Waals surface area contributed by atoms with Gasteiger partial charge in [0, 0.05) is 0 Å². The van der Waals surface area contributed by atoms with Crippen LogP contribution in [0.1, 0.15) is 64.2 Å². The van der Waals surface area contributed by atoms with Crippen LogP contribution in [0.25, 0.3) is 0 Å². The molecule has 16 heavy (non-hydrogen) atoms. The Balaban J connectivity index is 1.91. The van der Waals surface area contributed by atoms with Crippen LogP contribution < -0.4 is 5.32 Å². The Labute approximate surface area is 101 Å². The van der Waals surface area contributed by atoms with E-state index < -0.39 is 0 Å². The van der Waals surface area contributed by atoms with Gasteiger partial charge in [-0.3, -0.25) is 0 Å². The van der Waals surface area contributed by atoms with Crippen molar-refractivity contribution in [3.8, 4) is 0 Å². The van der Waals surface area contributed by atoms with Gasteiger partial charge in [0.2, 0.25) is 0 Å². The van der Waals surface area contributed by atoms with E-state index in [1.54, 1.807) is 0 Å².